The van der Waals surface area contributed by atoms with Gasteiger partial charge in [-0.05, 0) is 19.1 Å². The molecule has 0 saturated heterocycles. The van der Waals surface area contributed by atoms with Gasteiger partial charge >= 0.3 is 5.69 Å². The van der Waals surface area contributed by atoms with E-state index in [0.717, 1.165) is 11.3 Å². The van der Waals surface area contributed by atoms with Gasteiger partial charge in [-0.25, -0.2) is 14.8 Å². The SMILES string of the molecule is CCN(C(=O)Cn1c(=O)n(C)c2nc(-c3ccccc3)nc(Cl)c21)c1ccccc1. The molecule has 0 saturated carbocycles. The smallest absolute Gasteiger partial charge is 0.311 e. The van der Waals surface area contributed by atoms with Crippen LogP contribution in [0.5, 0.6) is 0 Å². The van der Waals surface area contributed by atoms with E-state index in [1.54, 1.807) is 11.9 Å². The Morgan fingerprint density at radius 1 is 1.03 bits per heavy atom. The van der Waals surface area contributed by atoms with Crippen LogP contribution in [0.1, 0.15) is 6.92 Å². The lowest BCUT2D eigenvalue weighted by molar-refractivity contribution is -0.119. The van der Waals surface area contributed by atoms with Gasteiger partial charge in [0.1, 0.15) is 12.1 Å². The fraction of sp³-hybridized carbons (Fsp3) is 0.182. The maximum absolute atomic E-state index is 13.0. The molecule has 0 fully saturated rings. The molecule has 0 aliphatic carbocycles. The summed E-state index contributed by atoms with van der Waals surface area (Å²) in [5.74, 6) is 0.202. The number of rotatable bonds is 5. The molecule has 1 amide bonds. The van der Waals surface area contributed by atoms with E-state index in [0.29, 0.717) is 23.5 Å². The first-order valence-corrected chi connectivity index (χ1v) is 9.92. The first kappa shape index (κ1) is 19.8. The zero-order valence-corrected chi connectivity index (χ0v) is 17.4. The lowest BCUT2D eigenvalue weighted by Gasteiger charge is -2.21. The van der Waals surface area contributed by atoms with Crippen LogP contribution in [-0.2, 0) is 18.4 Å². The highest BCUT2D eigenvalue weighted by atomic mass is 35.5. The summed E-state index contributed by atoms with van der Waals surface area (Å²) >= 11 is 6.47. The van der Waals surface area contributed by atoms with Crippen LogP contribution in [0.15, 0.2) is 65.5 Å². The van der Waals surface area contributed by atoms with Crippen molar-refractivity contribution in [2.45, 2.75) is 13.5 Å². The normalized spacial score (nSPS) is 11.0. The molecule has 0 atom stereocenters. The highest BCUT2D eigenvalue weighted by Gasteiger charge is 2.22. The van der Waals surface area contributed by atoms with E-state index in [4.69, 9.17) is 11.6 Å². The highest BCUT2D eigenvalue weighted by molar-refractivity contribution is 6.33. The van der Waals surface area contributed by atoms with Crippen molar-refractivity contribution >= 4 is 34.4 Å². The van der Waals surface area contributed by atoms with Crippen LogP contribution in [0.2, 0.25) is 5.15 Å². The van der Waals surface area contributed by atoms with Crippen molar-refractivity contribution in [2.75, 3.05) is 11.4 Å². The minimum absolute atomic E-state index is 0.132. The second kappa shape index (κ2) is 8.12. The van der Waals surface area contributed by atoms with Crippen molar-refractivity contribution < 1.29 is 4.79 Å². The molecule has 4 rings (SSSR count). The van der Waals surface area contributed by atoms with Crippen LogP contribution >= 0.6 is 11.6 Å². The molecule has 0 N–H and O–H groups in total. The van der Waals surface area contributed by atoms with Crippen molar-refractivity contribution in [1.82, 2.24) is 19.1 Å². The molecule has 152 valence electrons. The number of fused-ring (bicyclic) bond motifs is 1. The standard InChI is InChI=1S/C22H20ClN5O2/c1-3-27(16-12-8-5-9-13-16)17(29)14-28-18-19(23)24-20(15-10-6-4-7-11-15)25-21(18)26(2)22(28)30/h4-13H,3,14H2,1-2H3. The predicted octanol–water partition coefficient (Wildman–Crippen LogP) is 3.50. The minimum atomic E-state index is -0.371. The zero-order chi connectivity index (χ0) is 21.3. The largest absolute Gasteiger partial charge is 0.330 e. The Morgan fingerprint density at radius 2 is 1.67 bits per heavy atom. The van der Waals surface area contributed by atoms with Gasteiger partial charge in [-0.3, -0.25) is 13.9 Å². The molecule has 4 aromatic rings. The molecule has 8 heteroatoms. The summed E-state index contributed by atoms with van der Waals surface area (Å²) in [6.45, 7) is 2.20. The number of imidazole rings is 1. The van der Waals surface area contributed by atoms with Crippen LogP contribution in [0, 0.1) is 0 Å². The van der Waals surface area contributed by atoms with Gasteiger partial charge in [0, 0.05) is 24.8 Å². The number of carbonyl (C=O) groups excluding carboxylic acids is 1. The second-order valence-electron chi connectivity index (χ2n) is 6.78. The highest BCUT2D eigenvalue weighted by Crippen LogP contribution is 2.24. The Kier molecular flexibility index (Phi) is 5.37. The fourth-order valence-electron chi connectivity index (χ4n) is 3.44. The third-order valence-electron chi connectivity index (χ3n) is 4.94. The average Bonchev–Trinajstić information content (AvgIpc) is 3.01. The molecule has 0 spiro atoms. The van der Waals surface area contributed by atoms with Crippen LogP contribution in [0.3, 0.4) is 0 Å². The number of halogens is 1. The summed E-state index contributed by atoms with van der Waals surface area (Å²) in [6.07, 6.45) is 0. The molecule has 7 nitrogen and oxygen atoms in total. The number of hydrogen-bond acceptors (Lipinski definition) is 4. The Hall–Kier alpha value is -3.45. The van der Waals surface area contributed by atoms with E-state index in [2.05, 4.69) is 9.97 Å². The Morgan fingerprint density at radius 3 is 2.30 bits per heavy atom. The summed E-state index contributed by atoms with van der Waals surface area (Å²) in [7, 11) is 1.61. The number of carbonyl (C=O) groups is 1. The van der Waals surface area contributed by atoms with E-state index in [-0.39, 0.29) is 23.3 Å². The summed E-state index contributed by atoms with van der Waals surface area (Å²) < 4.78 is 2.72. The number of anilines is 1. The van der Waals surface area contributed by atoms with E-state index in [1.807, 2.05) is 67.6 Å². The molecular formula is C22H20ClN5O2. The zero-order valence-electron chi connectivity index (χ0n) is 16.6. The Labute approximate surface area is 178 Å². The molecule has 0 aliphatic heterocycles. The van der Waals surface area contributed by atoms with E-state index in [9.17, 15) is 9.59 Å². The molecule has 0 radical (unpaired) electrons. The quantitative estimate of drug-likeness (QED) is 0.462. The minimum Gasteiger partial charge on any atom is -0.311 e. The number of nitrogens with zero attached hydrogens (tertiary/aromatic N) is 5. The maximum Gasteiger partial charge on any atom is 0.330 e. The first-order chi connectivity index (χ1) is 14.5. The third kappa shape index (κ3) is 3.48. The topological polar surface area (TPSA) is 73.0 Å². The first-order valence-electron chi connectivity index (χ1n) is 9.54. The van der Waals surface area contributed by atoms with Crippen molar-refractivity contribution in [1.29, 1.82) is 0 Å². The number of amides is 1. The molecule has 2 aromatic carbocycles. The summed E-state index contributed by atoms with van der Waals surface area (Å²) in [5, 5.41) is 0.132. The van der Waals surface area contributed by atoms with Crippen molar-refractivity contribution in [2.24, 2.45) is 7.05 Å². The van der Waals surface area contributed by atoms with Gasteiger partial charge in [0.2, 0.25) is 5.91 Å². The summed E-state index contributed by atoms with van der Waals surface area (Å²) in [6, 6.07) is 18.7. The van der Waals surface area contributed by atoms with Gasteiger partial charge in [-0.15, -0.1) is 0 Å². The Bertz CT molecular complexity index is 1270. The average molecular weight is 422 g/mol. The molecule has 0 aliphatic rings. The lowest BCUT2D eigenvalue weighted by Crippen LogP contribution is -2.36. The van der Waals surface area contributed by atoms with E-state index in [1.165, 1.54) is 9.13 Å². The van der Waals surface area contributed by atoms with E-state index >= 15 is 0 Å². The van der Waals surface area contributed by atoms with Crippen molar-refractivity contribution in [3.05, 3.63) is 76.3 Å². The molecule has 2 heterocycles. The van der Waals surface area contributed by atoms with Crippen LogP contribution < -0.4 is 10.6 Å². The molecule has 2 aromatic heterocycles. The number of aryl methyl sites for hydroxylation is 1. The number of aromatic nitrogens is 4. The van der Waals surface area contributed by atoms with Gasteiger partial charge in [-0.2, -0.15) is 0 Å². The van der Waals surface area contributed by atoms with Crippen LogP contribution in [0.4, 0.5) is 5.69 Å². The monoisotopic (exact) mass is 421 g/mol. The molecule has 30 heavy (non-hydrogen) atoms. The molecule has 0 unspecified atom stereocenters. The predicted molar refractivity (Wildman–Crippen MR) is 118 cm³/mol. The van der Waals surface area contributed by atoms with Gasteiger partial charge < -0.3 is 4.90 Å². The van der Waals surface area contributed by atoms with Crippen LogP contribution in [-0.4, -0.2) is 31.6 Å². The number of hydrogen-bond donors (Lipinski definition) is 0. The van der Waals surface area contributed by atoms with Gasteiger partial charge in [0.05, 0.1) is 0 Å². The summed E-state index contributed by atoms with van der Waals surface area (Å²) in [5.41, 5.74) is 1.92. The lowest BCUT2D eigenvalue weighted by atomic mass is 10.2. The van der Waals surface area contributed by atoms with Gasteiger partial charge in [0.15, 0.2) is 16.6 Å². The van der Waals surface area contributed by atoms with E-state index < -0.39 is 0 Å². The fourth-order valence-corrected chi connectivity index (χ4v) is 3.71. The second-order valence-corrected chi connectivity index (χ2v) is 7.14. The van der Waals surface area contributed by atoms with Crippen molar-refractivity contribution in [3.8, 4) is 11.4 Å². The molecule has 0 bridgehead atoms. The number of likely N-dealkylation sites (N-methyl/N-ethyl adjacent to an activating group) is 1. The maximum atomic E-state index is 13.0. The van der Waals surface area contributed by atoms with Crippen LogP contribution in [0.25, 0.3) is 22.6 Å². The molecular weight excluding hydrogens is 402 g/mol. The van der Waals surface area contributed by atoms with Gasteiger partial charge in [-0.1, -0.05) is 60.1 Å². The summed E-state index contributed by atoms with van der Waals surface area (Å²) in [4.78, 5) is 36.5. The van der Waals surface area contributed by atoms with Gasteiger partial charge in [0.25, 0.3) is 0 Å². The number of benzene rings is 2. The third-order valence-corrected chi connectivity index (χ3v) is 5.20. The number of para-hydroxylation sites is 1. The Balaban J connectivity index is 1.77. The van der Waals surface area contributed by atoms with Crippen molar-refractivity contribution in [3.63, 3.8) is 0 Å².